The van der Waals surface area contributed by atoms with Gasteiger partial charge in [-0.05, 0) is 34.7 Å². The van der Waals surface area contributed by atoms with Crippen LogP contribution in [-0.4, -0.2) is 93.7 Å². The van der Waals surface area contributed by atoms with Gasteiger partial charge in [0, 0.05) is 6.04 Å². The van der Waals surface area contributed by atoms with Crippen molar-refractivity contribution >= 4 is 24.7 Å². The fourth-order valence-corrected chi connectivity index (χ4v) is 10.9. The van der Waals surface area contributed by atoms with Gasteiger partial charge in [-0.2, -0.15) is 0 Å². The molecule has 0 radical (unpaired) electrons. The Balaban J connectivity index is 1.68. The molecule has 4 rings (SSSR count). The number of rotatable bonds is 10. The zero-order valence-electron chi connectivity index (χ0n) is 24.9. The summed E-state index contributed by atoms with van der Waals surface area (Å²) in [5, 5.41) is 22.7. The lowest BCUT2D eigenvalue weighted by atomic mass is 9.90. The summed E-state index contributed by atoms with van der Waals surface area (Å²) in [6.45, 7) is 5.73. The monoisotopic (exact) mass is 602 g/mol. The molecule has 0 bridgehead atoms. The fraction of sp³-hybridized carbons (Fsp3) is 0.581. The van der Waals surface area contributed by atoms with Crippen LogP contribution in [0.1, 0.15) is 40.0 Å². The van der Waals surface area contributed by atoms with Crippen molar-refractivity contribution < 1.29 is 38.4 Å². The Kier molecular flexibility index (Phi) is 11.0. The van der Waals surface area contributed by atoms with Crippen molar-refractivity contribution in [2.45, 2.75) is 94.0 Å². The van der Waals surface area contributed by atoms with Crippen LogP contribution in [0.2, 0.25) is 5.04 Å². The standard InChI is InChI=1S/C31H46N2O8Si/c1-31(2,3)42(20-12-7-5-8-13-20,21-14-9-6-10-15-21)41-28-22(32)16-11-17-23(28)39-30-26(33)29(38-19-25(35)37-4)27(36)24(18-34)40-30/h5-10,12-15,22-24,26-30,34,36H,11,16-19,32-33H2,1-4H3/t22-,23+,24?,26?,27-,28+,29-,30-/m1/s1. The van der Waals surface area contributed by atoms with Gasteiger partial charge in [0.05, 0.1) is 32.0 Å². The van der Waals surface area contributed by atoms with E-state index >= 15 is 0 Å². The number of ether oxygens (including phenoxy) is 4. The summed E-state index contributed by atoms with van der Waals surface area (Å²) in [6, 6.07) is 19.4. The number of esters is 1. The average molecular weight is 603 g/mol. The summed E-state index contributed by atoms with van der Waals surface area (Å²) < 4.78 is 30.2. The third-order valence-corrected chi connectivity index (χ3v) is 13.4. The van der Waals surface area contributed by atoms with Crippen LogP contribution in [0, 0.1) is 0 Å². The number of hydrogen-bond donors (Lipinski definition) is 4. The molecular weight excluding hydrogens is 556 g/mol. The Bertz CT molecular complexity index is 1100. The Morgan fingerprint density at radius 2 is 1.60 bits per heavy atom. The van der Waals surface area contributed by atoms with Crippen LogP contribution in [0.15, 0.2) is 60.7 Å². The van der Waals surface area contributed by atoms with Gasteiger partial charge in [0.2, 0.25) is 0 Å². The predicted molar refractivity (Wildman–Crippen MR) is 161 cm³/mol. The van der Waals surface area contributed by atoms with Gasteiger partial charge >= 0.3 is 5.97 Å². The molecule has 1 heterocycles. The van der Waals surface area contributed by atoms with Gasteiger partial charge in [-0.1, -0.05) is 81.4 Å². The minimum atomic E-state index is -2.97. The molecule has 6 N–H and O–H groups in total. The van der Waals surface area contributed by atoms with E-state index in [2.05, 4.69) is 49.8 Å². The molecule has 2 aliphatic rings. The maximum absolute atomic E-state index is 11.7. The first-order valence-electron chi connectivity index (χ1n) is 14.6. The molecule has 42 heavy (non-hydrogen) atoms. The first kappa shape index (κ1) is 32.7. The van der Waals surface area contributed by atoms with Gasteiger partial charge in [-0.15, -0.1) is 0 Å². The third-order valence-electron chi connectivity index (χ3n) is 8.37. The quantitative estimate of drug-likeness (QED) is 0.227. The Morgan fingerprint density at radius 3 is 2.12 bits per heavy atom. The molecule has 1 saturated carbocycles. The summed E-state index contributed by atoms with van der Waals surface area (Å²) in [6.07, 6.45) is -3.10. The number of methoxy groups -OCH3 is 1. The first-order chi connectivity index (χ1) is 20.0. The van der Waals surface area contributed by atoms with Crippen LogP contribution in [-0.2, 0) is 28.2 Å². The molecule has 10 nitrogen and oxygen atoms in total. The fourth-order valence-electron chi connectivity index (χ4n) is 6.18. The molecule has 8 atom stereocenters. The summed E-state index contributed by atoms with van der Waals surface area (Å²) >= 11 is 0. The van der Waals surface area contributed by atoms with E-state index in [9.17, 15) is 15.0 Å². The lowest BCUT2D eigenvalue weighted by Gasteiger charge is -2.50. The normalized spacial score (nSPS) is 30.6. The minimum absolute atomic E-state index is 0.270. The molecule has 2 fully saturated rings. The smallest absolute Gasteiger partial charge is 0.331 e. The number of aliphatic hydroxyl groups is 2. The van der Waals surface area contributed by atoms with Crippen molar-refractivity contribution in [1.29, 1.82) is 0 Å². The van der Waals surface area contributed by atoms with Crippen molar-refractivity contribution in [2.24, 2.45) is 11.5 Å². The highest BCUT2D eigenvalue weighted by Crippen LogP contribution is 2.40. The molecule has 1 aliphatic carbocycles. The van der Waals surface area contributed by atoms with E-state index in [1.165, 1.54) is 7.11 Å². The van der Waals surface area contributed by atoms with Gasteiger partial charge in [-0.25, -0.2) is 4.79 Å². The van der Waals surface area contributed by atoms with E-state index in [1.807, 2.05) is 36.4 Å². The molecule has 0 spiro atoms. The number of nitrogens with two attached hydrogens (primary N) is 2. The summed E-state index contributed by atoms with van der Waals surface area (Å²) in [5.74, 6) is -0.615. The summed E-state index contributed by atoms with van der Waals surface area (Å²) in [4.78, 5) is 11.7. The van der Waals surface area contributed by atoms with Crippen molar-refractivity contribution in [2.75, 3.05) is 20.3 Å². The van der Waals surface area contributed by atoms with Crippen LogP contribution in [0.3, 0.4) is 0 Å². The zero-order valence-corrected chi connectivity index (χ0v) is 25.9. The highest BCUT2D eigenvalue weighted by Gasteiger charge is 2.54. The Labute approximate surface area is 249 Å². The second kappa shape index (κ2) is 14.1. The van der Waals surface area contributed by atoms with Crippen molar-refractivity contribution in [3.8, 4) is 0 Å². The van der Waals surface area contributed by atoms with E-state index in [-0.39, 0.29) is 11.1 Å². The molecular formula is C31H46N2O8Si. The molecule has 0 aromatic heterocycles. The predicted octanol–water partition coefficient (Wildman–Crippen LogP) is 0.792. The zero-order chi connectivity index (χ0) is 30.5. The number of carbonyl (C=O) groups is 1. The van der Waals surface area contributed by atoms with Crippen LogP contribution < -0.4 is 21.8 Å². The molecule has 11 heteroatoms. The van der Waals surface area contributed by atoms with Gasteiger partial charge in [-0.3, -0.25) is 0 Å². The average Bonchev–Trinajstić information content (AvgIpc) is 2.98. The molecule has 2 unspecified atom stereocenters. The van der Waals surface area contributed by atoms with E-state index in [0.717, 1.165) is 23.2 Å². The van der Waals surface area contributed by atoms with Gasteiger partial charge in [0.1, 0.15) is 24.9 Å². The van der Waals surface area contributed by atoms with Crippen molar-refractivity contribution in [3.05, 3.63) is 60.7 Å². The SMILES string of the molecule is COC(=O)CO[C@@H]1C(N)[C@H](O[C@H]2CCC[C@@H](N)[C@@H]2O[Si](c2ccccc2)(c2ccccc2)C(C)(C)C)OC(CO)[C@H]1O. The molecule has 2 aromatic rings. The van der Waals surface area contributed by atoms with E-state index in [0.29, 0.717) is 6.42 Å². The van der Waals surface area contributed by atoms with E-state index in [4.69, 9.17) is 30.1 Å². The Hall–Kier alpha value is -2.19. The number of hydrogen-bond acceptors (Lipinski definition) is 10. The van der Waals surface area contributed by atoms with E-state index in [1.54, 1.807) is 0 Å². The molecule has 2 aromatic carbocycles. The third kappa shape index (κ3) is 6.80. The van der Waals surface area contributed by atoms with Crippen LogP contribution in [0.25, 0.3) is 0 Å². The highest BCUT2D eigenvalue weighted by molar-refractivity contribution is 6.99. The topological polar surface area (TPSA) is 156 Å². The van der Waals surface area contributed by atoms with Gasteiger partial charge < -0.3 is 45.1 Å². The van der Waals surface area contributed by atoms with Gasteiger partial charge in [0.15, 0.2) is 6.29 Å². The van der Waals surface area contributed by atoms with Crippen LogP contribution in [0.4, 0.5) is 0 Å². The molecule has 1 saturated heterocycles. The summed E-state index contributed by atoms with van der Waals surface area (Å²) in [7, 11) is -1.72. The molecule has 0 amide bonds. The maximum atomic E-state index is 11.7. The molecule has 1 aliphatic heterocycles. The van der Waals surface area contributed by atoms with E-state index < -0.39 is 70.4 Å². The first-order valence-corrected chi connectivity index (χ1v) is 16.5. The lowest BCUT2D eigenvalue weighted by Crippen LogP contribution is -2.71. The highest BCUT2D eigenvalue weighted by atomic mass is 28.4. The Morgan fingerprint density at radius 1 is 1.00 bits per heavy atom. The number of carbonyl (C=O) groups excluding carboxylic acids is 1. The lowest BCUT2D eigenvalue weighted by molar-refractivity contribution is -0.292. The largest absolute Gasteiger partial charge is 0.467 e. The second-order valence-corrected chi connectivity index (χ2v) is 16.4. The van der Waals surface area contributed by atoms with Crippen molar-refractivity contribution in [1.82, 2.24) is 0 Å². The van der Waals surface area contributed by atoms with Crippen LogP contribution in [0.5, 0.6) is 0 Å². The van der Waals surface area contributed by atoms with Crippen molar-refractivity contribution in [3.63, 3.8) is 0 Å². The van der Waals surface area contributed by atoms with Crippen LogP contribution >= 0.6 is 0 Å². The summed E-state index contributed by atoms with van der Waals surface area (Å²) in [5.41, 5.74) is 13.3. The van der Waals surface area contributed by atoms with Gasteiger partial charge in [0.25, 0.3) is 8.32 Å². The number of benzene rings is 2. The molecule has 232 valence electrons. The second-order valence-electron chi connectivity index (χ2n) is 12.2. The maximum Gasteiger partial charge on any atom is 0.331 e. The number of aliphatic hydroxyl groups excluding tert-OH is 2. The minimum Gasteiger partial charge on any atom is -0.467 e.